The number of aromatic nitrogens is 1. The smallest absolute Gasteiger partial charge is 0.255 e. The topological polar surface area (TPSA) is 57.3 Å². The lowest BCUT2D eigenvalue weighted by molar-refractivity contribution is 0.0950. The van der Waals surface area contributed by atoms with E-state index in [0.717, 1.165) is 37.1 Å². The standard InChI is InChI=1S/C15H23BrN4O/c1-2-5-17-14-13(10-12(16)11-19-14)15(21)18-6-9-20-7-3-4-8-20/h10-11H,2-9H2,1H3,(H,17,19)(H,18,21). The Balaban J connectivity index is 1.91. The van der Waals surface area contributed by atoms with Crippen LogP contribution in [0.1, 0.15) is 36.5 Å². The van der Waals surface area contributed by atoms with Gasteiger partial charge in [-0.15, -0.1) is 0 Å². The molecule has 1 saturated heterocycles. The van der Waals surface area contributed by atoms with Gasteiger partial charge in [-0.1, -0.05) is 6.92 Å². The van der Waals surface area contributed by atoms with E-state index in [1.54, 1.807) is 6.20 Å². The Labute approximate surface area is 134 Å². The summed E-state index contributed by atoms with van der Waals surface area (Å²) in [7, 11) is 0. The third-order valence-electron chi connectivity index (χ3n) is 3.55. The highest BCUT2D eigenvalue weighted by Crippen LogP contribution is 2.18. The molecule has 116 valence electrons. The van der Waals surface area contributed by atoms with Crippen molar-refractivity contribution >= 4 is 27.7 Å². The molecule has 0 spiro atoms. The van der Waals surface area contributed by atoms with E-state index in [-0.39, 0.29) is 5.91 Å². The molecule has 2 rings (SSSR count). The van der Waals surface area contributed by atoms with E-state index >= 15 is 0 Å². The maximum absolute atomic E-state index is 12.3. The summed E-state index contributed by atoms with van der Waals surface area (Å²) in [6.45, 7) is 6.79. The molecule has 0 saturated carbocycles. The molecule has 2 heterocycles. The highest BCUT2D eigenvalue weighted by Gasteiger charge is 2.15. The van der Waals surface area contributed by atoms with Gasteiger partial charge >= 0.3 is 0 Å². The van der Waals surface area contributed by atoms with Crippen molar-refractivity contribution in [1.82, 2.24) is 15.2 Å². The van der Waals surface area contributed by atoms with Gasteiger partial charge in [-0.2, -0.15) is 0 Å². The first-order valence-corrected chi connectivity index (χ1v) is 8.40. The molecule has 0 aromatic carbocycles. The molecule has 2 N–H and O–H groups in total. The van der Waals surface area contributed by atoms with Crippen LogP contribution in [0.5, 0.6) is 0 Å². The molecule has 1 aliphatic heterocycles. The Morgan fingerprint density at radius 3 is 2.86 bits per heavy atom. The molecule has 0 aliphatic carbocycles. The van der Waals surface area contributed by atoms with Crippen LogP contribution in [0.15, 0.2) is 16.7 Å². The zero-order valence-corrected chi connectivity index (χ0v) is 14.1. The number of halogens is 1. The first-order valence-electron chi connectivity index (χ1n) is 7.60. The second-order valence-electron chi connectivity index (χ2n) is 5.28. The summed E-state index contributed by atoms with van der Waals surface area (Å²) in [4.78, 5) is 19.0. The molecule has 0 bridgehead atoms. The maximum Gasteiger partial charge on any atom is 0.255 e. The maximum atomic E-state index is 12.3. The quantitative estimate of drug-likeness (QED) is 0.789. The first-order chi connectivity index (χ1) is 10.2. The summed E-state index contributed by atoms with van der Waals surface area (Å²) < 4.78 is 0.814. The van der Waals surface area contributed by atoms with E-state index in [0.29, 0.717) is 17.9 Å². The number of rotatable bonds is 7. The lowest BCUT2D eigenvalue weighted by atomic mass is 10.2. The normalized spacial score (nSPS) is 15.1. The monoisotopic (exact) mass is 354 g/mol. The molecule has 6 heteroatoms. The van der Waals surface area contributed by atoms with Gasteiger partial charge in [-0.3, -0.25) is 4.79 Å². The number of nitrogens with one attached hydrogen (secondary N) is 2. The van der Waals surface area contributed by atoms with Crippen molar-refractivity contribution < 1.29 is 4.79 Å². The van der Waals surface area contributed by atoms with Gasteiger partial charge in [0, 0.05) is 30.3 Å². The predicted molar refractivity (Wildman–Crippen MR) is 88.7 cm³/mol. The number of carbonyl (C=O) groups is 1. The third-order valence-corrected chi connectivity index (χ3v) is 3.99. The van der Waals surface area contributed by atoms with Crippen LogP contribution in [0.25, 0.3) is 0 Å². The SMILES string of the molecule is CCCNc1ncc(Br)cc1C(=O)NCCN1CCCC1. The second-order valence-corrected chi connectivity index (χ2v) is 6.20. The fourth-order valence-corrected chi connectivity index (χ4v) is 2.76. The Bertz CT molecular complexity index is 475. The highest BCUT2D eigenvalue weighted by molar-refractivity contribution is 9.10. The molecule has 0 unspecified atom stereocenters. The number of anilines is 1. The summed E-state index contributed by atoms with van der Waals surface area (Å²) in [5.74, 6) is 0.584. The molecular weight excluding hydrogens is 332 g/mol. The highest BCUT2D eigenvalue weighted by atomic mass is 79.9. The van der Waals surface area contributed by atoms with Crippen LogP contribution in [-0.2, 0) is 0 Å². The number of hydrogen-bond acceptors (Lipinski definition) is 4. The molecule has 0 radical (unpaired) electrons. The van der Waals surface area contributed by atoms with Crippen LogP contribution in [0.3, 0.4) is 0 Å². The van der Waals surface area contributed by atoms with Crippen molar-refractivity contribution in [2.24, 2.45) is 0 Å². The van der Waals surface area contributed by atoms with Crippen molar-refractivity contribution in [3.05, 3.63) is 22.3 Å². The van der Waals surface area contributed by atoms with Crippen LogP contribution in [-0.4, -0.2) is 48.5 Å². The minimum atomic E-state index is -0.0680. The summed E-state index contributed by atoms with van der Waals surface area (Å²) in [6.07, 6.45) is 5.25. The van der Waals surface area contributed by atoms with Crippen molar-refractivity contribution in [1.29, 1.82) is 0 Å². The first kappa shape index (κ1) is 16.2. The summed E-state index contributed by atoms with van der Waals surface area (Å²) in [5, 5.41) is 6.19. The van der Waals surface area contributed by atoms with Gasteiger partial charge in [0.05, 0.1) is 5.56 Å². The minimum absolute atomic E-state index is 0.0680. The van der Waals surface area contributed by atoms with Crippen LogP contribution in [0.2, 0.25) is 0 Å². The third kappa shape index (κ3) is 4.97. The Hall–Kier alpha value is -1.14. The lowest BCUT2D eigenvalue weighted by Gasteiger charge is -2.15. The van der Waals surface area contributed by atoms with E-state index in [2.05, 4.69) is 43.4 Å². The molecule has 0 atom stereocenters. The van der Waals surface area contributed by atoms with Gasteiger partial charge in [-0.25, -0.2) is 4.98 Å². The van der Waals surface area contributed by atoms with Crippen molar-refractivity contribution in [3.8, 4) is 0 Å². The fourth-order valence-electron chi connectivity index (χ4n) is 2.43. The van der Waals surface area contributed by atoms with E-state index in [9.17, 15) is 4.79 Å². The summed E-state index contributed by atoms with van der Waals surface area (Å²) in [5.41, 5.74) is 0.597. The van der Waals surface area contributed by atoms with Gasteiger partial charge in [0.1, 0.15) is 5.82 Å². The Morgan fingerprint density at radius 2 is 2.14 bits per heavy atom. The van der Waals surface area contributed by atoms with Crippen molar-refractivity contribution in [2.75, 3.05) is 38.0 Å². The van der Waals surface area contributed by atoms with Crippen molar-refractivity contribution in [3.63, 3.8) is 0 Å². The molecule has 1 fully saturated rings. The zero-order valence-electron chi connectivity index (χ0n) is 12.5. The van der Waals surface area contributed by atoms with Crippen LogP contribution < -0.4 is 10.6 Å². The summed E-state index contributed by atoms with van der Waals surface area (Å²) >= 11 is 3.38. The largest absolute Gasteiger partial charge is 0.369 e. The molecule has 1 aromatic rings. The Morgan fingerprint density at radius 1 is 1.38 bits per heavy atom. The number of nitrogens with zero attached hydrogens (tertiary/aromatic N) is 2. The zero-order chi connectivity index (χ0) is 15.1. The molecule has 5 nitrogen and oxygen atoms in total. The number of carbonyl (C=O) groups excluding carboxylic acids is 1. The number of likely N-dealkylation sites (tertiary alicyclic amines) is 1. The lowest BCUT2D eigenvalue weighted by Crippen LogP contribution is -2.33. The minimum Gasteiger partial charge on any atom is -0.369 e. The van der Waals surface area contributed by atoms with Crippen molar-refractivity contribution in [2.45, 2.75) is 26.2 Å². The van der Waals surface area contributed by atoms with Gasteiger partial charge in [0.15, 0.2) is 0 Å². The van der Waals surface area contributed by atoms with E-state index in [1.165, 1.54) is 12.8 Å². The van der Waals surface area contributed by atoms with E-state index in [4.69, 9.17) is 0 Å². The van der Waals surface area contributed by atoms with Gasteiger partial charge in [0.2, 0.25) is 0 Å². The van der Waals surface area contributed by atoms with Crippen LogP contribution >= 0.6 is 15.9 Å². The van der Waals surface area contributed by atoms with Crippen LogP contribution in [0, 0.1) is 0 Å². The average molecular weight is 355 g/mol. The number of amides is 1. The molecule has 1 aromatic heterocycles. The van der Waals surface area contributed by atoms with Gasteiger partial charge < -0.3 is 15.5 Å². The number of hydrogen-bond donors (Lipinski definition) is 2. The van der Waals surface area contributed by atoms with Gasteiger partial charge in [-0.05, 0) is 54.3 Å². The fraction of sp³-hybridized carbons (Fsp3) is 0.600. The molecule has 21 heavy (non-hydrogen) atoms. The summed E-state index contributed by atoms with van der Waals surface area (Å²) in [6, 6.07) is 1.82. The van der Waals surface area contributed by atoms with E-state index in [1.807, 2.05) is 6.07 Å². The van der Waals surface area contributed by atoms with Gasteiger partial charge in [0.25, 0.3) is 5.91 Å². The molecule has 1 amide bonds. The van der Waals surface area contributed by atoms with Crippen LogP contribution in [0.4, 0.5) is 5.82 Å². The molecule has 1 aliphatic rings. The predicted octanol–water partition coefficient (Wildman–Crippen LogP) is 2.49. The second kappa shape index (κ2) is 8.34. The Kier molecular flexibility index (Phi) is 6.45. The van der Waals surface area contributed by atoms with E-state index < -0.39 is 0 Å². The number of pyridine rings is 1. The average Bonchev–Trinajstić information content (AvgIpc) is 2.99. The molecular formula is C15H23BrN4O.